The minimum Gasteiger partial charge on any atom is -0.387 e. The standard InChI is InChI=1S/C20H19F2N5O4/c1-9-11-4-5-26(18(11)24-7-23-9)19-16(30)15(29)17(31-19)14(28)10-2-3-12-13(6-10)27(8-25-12)20(21)22/h2-8,14-17,19-20,28-30H,1H3/t14?,15-,16+,17+,19+/m0/s1. The summed E-state index contributed by atoms with van der Waals surface area (Å²) >= 11 is 0. The molecule has 1 aromatic carbocycles. The molecule has 1 unspecified atom stereocenters. The number of hydrogen-bond donors (Lipinski definition) is 3. The first kappa shape index (κ1) is 19.9. The normalized spacial score (nSPS) is 25.1. The summed E-state index contributed by atoms with van der Waals surface area (Å²) in [5, 5.41) is 32.8. The molecule has 9 nitrogen and oxygen atoms in total. The minimum absolute atomic E-state index is 0.139. The van der Waals surface area contributed by atoms with Crippen molar-refractivity contribution < 1.29 is 28.8 Å². The predicted molar refractivity (Wildman–Crippen MR) is 104 cm³/mol. The van der Waals surface area contributed by atoms with Crippen molar-refractivity contribution in [3.8, 4) is 0 Å². The van der Waals surface area contributed by atoms with E-state index in [9.17, 15) is 24.1 Å². The molecule has 3 aromatic heterocycles. The van der Waals surface area contributed by atoms with Crippen LogP contribution in [0, 0.1) is 6.92 Å². The summed E-state index contributed by atoms with van der Waals surface area (Å²) in [7, 11) is 0. The van der Waals surface area contributed by atoms with Gasteiger partial charge in [0.1, 0.15) is 42.7 Å². The van der Waals surface area contributed by atoms with E-state index >= 15 is 0 Å². The highest BCUT2D eigenvalue weighted by molar-refractivity contribution is 5.78. The Kier molecular flexibility index (Phi) is 4.70. The van der Waals surface area contributed by atoms with Gasteiger partial charge in [0, 0.05) is 11.6 Å². The van der Waals surface area contributed by atoms with Crippen LogP contribution in [-0.2, 0) is 4.74 Å². The van der Waals surface area contributed by atoms with Crippen molar-refractivity contribution in [1.82, 2.24) is 24.1 Å². The van der Waals surface area contributed by atoms with Crippen LogP contribution in [0.15, 0.2) is 43.1 Å². The molecule has 0 bridgehead atoms. The maximum Gasteiger partial charge on any atom is 0.320 e. The fraction of sp³-hybridized carbons (Fsp3) is 0.350. The van der Waals surface area contributed by atoms with Gasteiger partial charge in [-0.2, -0.15) is 8.78 Å². The summed E-state index contributed by atoms with van der Waals surface area (Å²) in [6, 6.07) is 6.17. The predicted octanol–water partition coefficient (Wildman–Crippen LogP) is 1.84. The second-order valence-corrected chi connectivity index (χ2v) is 7.51. The summed E-state index contributed by atoms with van der Waals surface area (Å²) in [6.07, 6.45) is -2.27. The number of imidazole rings is 1. The molecule has 5 rings (SSSR count). The molecule has 1 fully saturated rings. The third-order valence-corrected chi connectivity index (χ3v) is 5.72. The van der Waals surface area contributed by atoms with E-state index in [0.29, 0.717) is 15.7 Å². The Hall–Kier alpha value is -2.99. The zero-order valence-electron chi connectivity index (χ0n) is 16.2. The van der Waals surface area contributed by atoms with Crippen LogP contribution >= 0.6 is 0 Å². The summed E-state index contributed by atoms with van der Waals surface area (Å²) in [5.74, 6) is 0. The van der Waals surface area contributed by atoms with E-state index < -0.39 is 37.2 Å². The third kappa shape index (κ3) is 3.08. The minimum atomic E-state index is -2.79. The molecule has 4 heterocycles. The van der Waals surface area contributed by atoms with Crippen LogP contribution in [0.2, 0.25) is 0 Å². The Balaban J connectivity index is 1.47. The Morgan fingerprint density at radius 1 is 1.10 bits per heavy atom. The van der Waals surface area contributed by atoms with Gasteiger partial charge in [-0.15, -0.1) is 0 Å². The third-order valence-electron chi connectivity index (χ3n) is 5.72. The van der Waals surface area contributed by atoms with E-state index in [4.69, 9.17) is 4.74 Å². The lowest BCUT2D eigenvalue weighted by atomic mass is 9.99. The Bertz CT molecular complexity index is 1260. The number of aromatic nitrogens is 5. The number of ether oxygens (including phenoxy) is 1. The summed E-state index contributed by atoms with van der Waals surface area (Å²) in [6.45, 7) is -0.966. The maximum atomic E-state index is 13.2. The van der Waals surface area contributed by atoms with E-state index in [1.165, 1.54) is 24.5 Å². The number of aliphatic hydroxyl groups excluding tert-OH is 3. The molecular formula is C20H19F2N5O4. The molecule has 4 aromatic rings. The molecule has 3 N–H and O–H groups in total. The van der Waals surface area contributed by atoms with Crippen molar-refractivity contribution in [2.24, 2.45) is 0 Å². The van der Waals surface area contributed by atoms with E-state index in [-0.39, 0.29) is 11.1 Å². The first-order valence-electron chi connectivity index (χ1n) is 9.59. The average Bonchev–Trinajstić information content (AvgIpc) is 3.44. The van der Waals surface area contributed by atoms with Crippen LogP contribution in [0.5, 0.6) is 0 Å². The fourth-order valence-electron chi connectivity index (χ4n) is 4.05. The highest BCUT2D eigenvalue weighted by Gasteiger charge is 2.47. The number of halogens is 2. The smallest absolute Gasteiger partial charge is 0.320 e. The number of alkyl halides is 2. The highest BCUT2D eigenvalue weighted by Crippen LogP contribution is 2.38. The lowest BCUT2D eigenvalue weighted by Crippen LogP contribution is -2.34. The molecule has 162 valence electrons. The van der Waals surface area contributed by atoms with Gasteiger partial charge in [0.25, 0.3) is 0 Å². The van der Waals surface area contributed by atoms with Crippen molar-refractivity contribution in [1.29, 1.82) is 0 Å². The van der Waals surface area contributed by atoms with Gasteiger partial charge >= 0.3 is 6.55 Å². The van der Waals surface area contributed by atoms with E-state index in [0.717, 1.165) is 17.4 Å². The number of aryl methyl sites for hydroxylation is 1. The van der Waals surface area contributed by atoms with Crippen LogP contribution in [-0.4, -0.2) is 57.7 Å². The van der Waals surface area contributed by atoms with Crippen LogP contribution in [0.1, 0.15) is 30.1 Å². The molecule has 0 amide bonds. The van der Waals surface area contributed by atoms with Crippen LogP contribution in [0.25, 0.3) is 22.1 Å². The largest absolute Gasteiger partial charge is 0.387 e. The topological polar surface area (TPSA) is 118 Å². The number of rotatable bonds is 4. The van der Waals surface area contributed by atoms with Gasteiger partial charge in [0.2, 0.25) is 0 Å². The molecule has 0 aliphatic carbocycles. The van der Waals surface area contributed by atoms with Gasteiger partial charge in [-0.3, -0.25) is 4.57 Å². The number of benzene rings is 1. The van der Waals surface area contributed by atoms with Gasteiger partial charge in [-0.25, -0.2) is 15.0 Å². The van der Waals surface area contributed by atoms with Crippen molar-refractivity contribution >= 4 is 22.1 Å². The average molecular weight is 431 g/mol. The van der Waals surface area contributed by atoms with Crippen molar-refractivity contribution in [2.75, 3.05) is 0 Å². The lowest BCUT2D eigenvalue weighted by molar-refractivity contribution is -0.0848. The Morgan fingerprint density at radius 2 is 1.90 bits per heavy atom. The van der Waals surface area contributed by atoms with Crippen LogP contribution in [0.4, 0.5) is 8.78 Å². The van der Waals surface area contributed by atoms with Crippen LogP contribution in [0.3, 0.4) is 0 Å². The fourth-order valence-corrected chi connectivity index (χ4v) is 4.05. The molecule has 0 radical (unpaired) electrons. The molecule has 0 saturated carbocycles. The zero-order valence-corrected chi connectivity index (χ0v) is 16.2. The first-order chi connectivity index (χ1) is 14.9. The molecule has 1 saturated heterocycles. The number of fused-ring (bicyclic) bond motifs is 2. The SMILES string of the molecule is Cc1ncnc2c1ccn2[C@@H]1O[C@H](C(O)c2ccc3ncn(C(F)F)c3c2)[C@@H](O)[C@H]1O. The van der Waals surface area contributed by atoms with E-state index in [1.54, 1.807) is 16.8 Å². The van der Waals surface area contributed by atoms with Crippen molar-refractivity contribution in [3.63, 3.8) is 0 Å². The first-order valence-corrected chi connectivity index (χ1v) is 9.59. The van der Waals surface area contributed by atoms with Crippen molar-refractivity contribution in [3.05, 3.63) is 54.4 Å². The number of aliphatic hydroxyl groups is 3. The number of hydrogen-bond acceptors (Lipinski definition) is 7. The van der Waals surface area contributed by atoms with E-state index in [1.807, 2.05) is 6.92 Å². The second-order valence-electron chi connectivity index (χ2n) is 7.51. The quantitative estimate of drug-likeness (QED) is 0.451. The van der Waals surface area contributed by atoms with Gasteiger partial charge in [0.15, 0.2) is 6.23 Å². The Labute approximate surface area is 174 Å². The molecular weight excluding hydrogens is 412 g/mol. The summed E-state index contributed by atoms with van der Waals surface area (Å²) < 4.78 is 34.5. The molecule has 1 aliphatic heterocycles. The summed E-state index contributed by atoms with van der Waals surface area (Å²) in [4.78, 5) is 12.3. The molecule has 5 atom stereocenters. The van der Waals surface area contributed by atoms with Crippen LogP contribution < -0.4 is 0 Å². The highest BCUT2D eigenvalue weighted by atomic mass is 19.3. The maximum absolute atomic E-state index is 13.2. The molecule has 1 aliphatic rings. The second kappa shape index (κ2) is 7.31. The number of nitrogens with zero attached hydrogens (tertiary/aromatic N) is 5. The molecule has 0 spiro atoms. The van der Waals surface area contributed by atoms with Gasteiger partial charge < -0.3 is 24.6 Å². The van der Waals surface area contributed by atoms with E-state index in [2.05, 4.69) is 15.0 Å². The lowest BCUT2D eigenvalue weighted by Gasteiger charge is -2.21. The van der Waals surface area contributed by atoms with Crippen molar-refractivity contribution in [2.45, 2.75) is 44.1 Å². The van der Waals surface area contributed by atoms with Gasteiger partial charge in [0.05, 0.1) is 16.7 Å². The van der Waals surface area contributed by atoms with Gasteiger partial charge in [-0.1, -0.05) is 6.07 Å². The Morgan fingerprint density at radius 3 is 2.68 bits per heavy atom. The zero-order chi connectivity index (χ0) is 21.9. The summed E-state index contributed by atoms with van der Waals surface area (Å²) in [5.41, 5.74) is 2.00. The van der Waals surface area contributed by atoms with Gasteiger partial charge in [-0.05, 0) is 30.7 Å². The molecule has 11 heteroatoms. The monoisotopic (exact) mass is 431 g/mol. The molecule has 31 heavy (non-hydrogen) atoms.